The highest BCUT2D eigenvalue weighted by Gasteiger charge is 2.25. The van der Waals surface area contributed by atoms with Crippen LogP contribution in [0.2, 0.25) is 0 Å². The Morgan fingerprint density at radius 2 is 2.14 bits per heavy atom. The minimum absolute atomic E-state index is 0.00143. The molecule has 0 aliphatic carbocycles. The van der Waals surface area contributed by atoms with E-state index in [0.717, 1.165) is 37.3 Å². The van der Waals surface area contributed by atoms with Gasteiger partial charge in [0.2, 0.25) is 10.0 Å². The number of carbonyl (C=O) groups is 1. The zero-order chi connectivity index (χ0) is 15.6. The van der Waals surface area contributed by atoms with Gasteiger partial charge in [-0.1, -0.05) is 0 Å². The van der Waals surface area contributed by atoms with E-state index in [-0.39, 0.29) is 9.77 Å². The summed E-state index contributed by atoms with van der Waals surface area (Å²) in [5.74, 6) is -0.801. The van der Waals surface area contributed by atoms with Crippen LogP contribution in [0.3, 0.4) is 0 Å². The van der Waals surface area contributed by atoms with Crippen LogP contribution in [0, 0.1) is 5.92 Å². The largest absolute Gasteiger partial charge is 0.477 e. The maximum Gasteiger partial charge on any atom is 0.345 e. The Bertz CT molecular complexity index is 621. The Morgan fingerprint density at radius 3 is 2.67 bits per heavy atom. The first-order chi connectivity index (χ1) is 9.79. The van der Waals surface area contributed by atoms with Gasteiger partial charge < -0.3 is 10.0 Å². The monoisotopic (exact) mass is 396 g/mol. The molecule has 1 saturated heterocycles. The van der Waals surface area contributed by atoms with E-state index in [4.69, 9.17) is 5.11 Å². The summed E-state index contributed by atoms with van der Waals surface area (Å²) in [5, 5.41) is 8.92. The number of nitrogens with one attached hydrogen (secondary N) is 1. The molecule has 0 amide bonds. The van der Waals surface area contributed by atoms with Crippen molar-refractivity contribution in [3.63, 3.8) is 0 Å². The molecule has 0 saturated carbocycles. The van der Waals surface area contributed by atoms with E-state index in [2.05, 4.69) is 32.6 Å². The van der Waals surface area contributed by atoms with Crippen molar-refractivity contribution in [2.45, 2.75) is 17.7 Å². The summed E-state index contributed by atoms with van der Waals surface area (Å²) in [4.78, 5) is 13.1. The number of halogens is 1. The summed E-state index contributed by atoms with van der Waals surface area (Å²) < 4.78 is 27.4. The average Bonchev–Trinajstić information content (AvgIpc) is 2.81. The Hall–Kier alpha value is -0.480. The molecule has 0 unspecified atom stereocenters. The molecule has 21 heavy (non-hydrogen) atoms. The zero-order valence-electron chi connectivity index (χ0n) is 11.5. The third-order valence-electron chi connectivity index (χ3n) is 3.56. The highest BCUT2D eigenvalue weighted by Crippen LogP contribution is 2.31. The standard InChI is InChI=1S/C12H17BrN2O4S2/c1-15-4-2-8(3-5-15)7-14-21(18,19)10-6-9(12(16)17)20-11(10)13/h6,8,14H,2-5,7H2,1H3,(H,16,17). The molecule has 1 aromatic rings. The average molecular weight is 397 g/mol. The van der Waals surface area contributed by atoms with E-state index in [0.29, 0.717) is 16.2 Å². The maximum absolute atomic E-state index is 12.3. The van der Waals surface area contributed by atoms with Crippen molar-refractivity contribution in [1.82, 2.24) is 9.62 Å². The first-order valence-electron chi connectivity index (χ1n) is 6.50. The number of thiophene rings is 1. The fraction of sp³-hybridized carbons (Fsp3) is 0.583. The van der Waals surface area contributed by atoms with Gasteiger partial charge in [0, 0.05) is 6.54 Å². The van der Waals surface area contributed by atoms with Crippen LogP contribution >= 0.6 is 27.3 Å². The number of aromatic carboxylic acids is 1. The van der Waals surface area contributed by atoms with Crippen molar-refractivity contribution in [2.75, 3.05) is 26.7 Å². The molecular weight excluding hydrogens is 380 g/mol. The number of sulfonamides is 1. The van der Waals surface area contributed by atoms with Crippen LogP contribution in [-0.4, -0.2) is 51.1 Å². The fourth-order valence-electron chi connectivity index (χ4n) is 2.21. The predicted molar refractivity (Wildman–Crippen MR) is 84.4 cm³/mol. The summed E-state index contributed by atoms with van der Waals surface area (Å²) in [6.45, 7) is 2.33. The molecule has 0 radical (unpaired) electrons. The number of rotatable bonds is 5. The van der Waals surface area contributed by atoms with Crippen molar-refractivity contribution < 1.29 is 18.3 Å². The number of likely N-dealkylation sites (tertiary alicyclic amines) is 1. The lowest BCUT2D eigenvalue weighted by molar-refractivity contribution is 0.0702. The van der Waals surface area contributed by atoms with Crippen LogP contribution in [-0.2, 0) is 10.0 Å². The predicted octanol–water partition coefficient (Wildman–Crippen LogP) is 1.83. The molecule has 9 heteroatoms. The van der Waals surface area contributed by atoms with Crippen LogP contribution in [0.5, 0.6) is 0 Å². The first kappa shape index (κ1) is 16.9. The Labute approximate surface area is 136 Å². The zero-order valence-corrected chi connectivity index (χ0v) is 14.7. The number of piperidine rings is 1. The van der Waals surface area contributed by atoms with Crippen LogP contribution in [0.15, 0.2) is 14.7 Å². The van der Waals surface area contributed by atoms with Gasteiger partial charge in [-0.05, 0) is 60.9 Å². The molecule has 0 bridgehead atoms. The summed E-state index contributed by atoms with van der Waals surface area (Å²) in [7, 11) is -1.63. The van der Waals surface area contributed by atoms with E-state index in [1.54, 1.807) is 0 Å². The lowest BCUT2D eigenvalue weighted by atomic mass is 9.98. The number of hydrogen-bond donors (Lipinski definition) is 2. The molecule has 2 heterocycles. The number of hydrogen-bond acceptors (Lipinski definition) is 5. The Kier molecular flexibility index (Phi) is 5.42. The minimum Gasteiger partial charge on any atom is -0.477 e. The normalized spacial score (nSPS) is 18.0. The van der Waals surface area contributed by atoms with Crippen LogP contribution < -0.4 is 4.72 Å². The molecule has 2 rings (SSSR count). The van der Waals surface area contributed by atoms with E-state index in [1.807, 2.05) is 0 Å². The molecule has 118 valence electrons. The molecule has 1 aliphatic rings. The third-order valence-corrected chi connectivity index (χ3v) is 7.22. The number of nitrogens with zero attached hydrogens (tertiary/aromatic N) is 1. The Morgan fingerprint density at radius 1 is 1.52 bits per heavy atom. The second-order valence-corrected chi connectivity index (χ2v) is 9.26. The van der Waals surface area contributed by atoms with E-state index in [9.17, 15) is 13.2 Å². The second-order valence-electron chi connectivity index (χ2n) is 5.15. The van der Waals surface area contributed by atoms with Gasteiger partial charge >= 0.3 is 5.97 Å². The van der Waals surface area contributed by atoms with E-state index < -0.39 is 16.0 Å². The summed E-state index contributed by atoms with van der Waals surface area (Å²) in [6.07, 6.45) is 1.93. The first-order valence-corrected chi connectivity index (χ1v) is 9.59. The molecule has 0 atom stereocenters. The fourth-order valence-corrected chi connectivity index (χ4v) is 5.73. The second kappa shape index (κ2) is 6.74. The summed E-state index contributed by atoms with van der Waals surface area (Å²) >= 11 is 4.03. The van der Waals surface area contributed by atoms with Gasteiger partial charge in [-0.2, -0.15) is 0 Å². The van der Waals surface area contributed by atoms with Crippen LogP contribution in [0.1, 0.15) is 22.5 Å². The molecule has 2 N–H and O–H groups in total. The molecule has 6 nitrogen and oxygen atoms in total. The van der Waals surface area contributed by atoms with Gasteiger partial charge in [-0.25, -0.2) is 17.9 Å². The van der Waals surface area contributed by atoms with Crippen molar-refractivity contribution in [3.05, 3.63) is 14.7 Å². The van der Waals surface area contributed by atoms with E-state index in [1.165, 1.54) is 6.07 Å². The molecule has 1 aliphatic heterocycles. The number of carboxylic acids is 1. The van der Waals surface area contributed by atoms with Crippen molar-refractivity contribution in [1.29, 1.82) is 0 Å². The van der Waals surface area contributed by atoms with Gasteiger partial charge in [-0.15, -0.1) is 11.3 Å². The van der Waals surface area contributed by atoms with Gasteiger partial charge in [0.25, 0.3) is 0 Å². The minimum atomic E-state index is -3.68. The van der Waals surface area contributed by atoms with Gasteiger partial charge in [0.05, 0.1) is 3.79 Å². The summed E-state index contributed by atoms with van der Waals surface area (Å²) in [5.41, 5.74) is 0. The lowest BCUT2D eigenvalue weighted by Crippen LogP contribution is -2.36. The molecule has 1 aromatic heterocycles. The van der Waals surface area contributed by atoms with E-state index >= 15 is 0 Å². The SMILES string of the molecule is CN1CCC(CNS(=O)(=O)c2cc(C(=O)O)sc2Br)CC1. The molecular formula is C12H17BrN2O4S2. The maximum atomic E-state index is 12.3. The summed E-state index contributed by atoms with van der Waals surface area (Å²) in [6, 6.07) is 1.19. The molecule has 0 aromatic carbocycles. The van der Waals surface area contributed by atoms with Gasteiger partial charge in [0.15, 0.2) is 0 Å². The molecule has 0 spiro atoms. The highest BCUT2D eigenvalue weighted by atomic mass is 79.9. The van der Waals surface area contributed by atoms with Crippen molar-refractivity contribution in [2.24, 2.45) is 5.92 Å². The van der Waals surface area contributed by atoms with Crippen LogP contribution in [0.4, 0.5) is 0 Å². The van der Waals surface area contributed by atoms with Crippen molar-refractivity contribution in [3.8, 4) is 0 Å². The van der Waals surface area contributed by atoms with Gasteiger partial charge in [-0.3, -0.25) is 0 Å². The molecule has 1 fully saturated rings. The Balaban J connectivity index is 2.03. The smallest absolute Gasteiger partial charge is 0.345 e. The van der Waals surface area contributed by atoms with Gasteiger partial charge in [0.1, 0.15) is 9.77 Å². The van der Waals surface area contributed by atoms with Crippen LogP contribution in [0.25, 0.3) is 0 Å². The highest BCUT2D eigenvalue weighted by molar-refractivity contribution is 9.11. The van der Waals surface area contributed by atoms with Crippen molar-refractivity contribution >= 4 is 43.3 Å². The lowest BCUT2D eigenvalue weighted by Gasteiger charge is -2.28. The number of carboxylic acid groups (broad SMARTS) is 1. The topological polar surface area (TPSA) is 86.7 Å². The quantitative estimate of drug-likeness (QED) is 0.792. The third kappa shape index (κ3) is 4.26.